The molecule has 0 aromatic heterocycles. The molecule has 2 fully saturated rings. The van der Waals surface area contributed by atoms with Gasteiger partial charge in [0.15, 0.2) is 0 Å². The lowest BCUT2D eigenvalue weighted by Gasteiger charge is -2.28. The highest BCUT2D eigenvalue weighted by molar-refractivity contribution is 5.95. The van der Waals surface area contributed by atoms with E-state index >= 15 is 0 Å². The molecule has 2 N–H and O–H groups in total. The first-order chi connectivity index (χ1) is 12.0. The normalized spacial score (nSPS) is 24.0. The van der Waals surface area contributed by atoms with Crippen LogP contribution in [0.15, 0.2) is 18.2 Å². The molecule has 1 saturated heterocycles. The number of hydrogen-bond acceptors (Lipinski definition) is 6. The fraction of sp³-hybridized carbons (Fsp3) is 0.588. The Morgan fingerprint density at radius 2 is 1.92 bits per heavy atom. The van der Waals surface area contributed by atoms with Crippen LogP contribution in [0.25, 0.3) is 0 Å². The zero-order valence-corrected chi connectivity index (χ0v) is 14.0. The van der Waals surface area contributed by atoms with Crippen molar-refractivity contribution < 1.29 is 19.6 Å². The number of anilines is 1. The molecule has 0 unspecified atom stereocenters. The van der Waals surface area contributed by atoms with Gasteiger partial charge in [-0.25, -0.2) is 0 Å². The lowest BCUT2D eigenvalue weighted by Crippen LogP contribution is -2.40. The van der Waals surface area contributed by atoms with Gasteiger partial charge in [-0.2, -0.15) is 0 Å². The van der Waals surface area contributed by atoms with Crippen LogP contribution in [0, 0.1) is 10.1 Å². The van der Waals surface area contributed by atoms with Gasteiger partial charge >= 0.3 is 0 Å². The number of ether oxygens (including phenoxy) is 1. The molecule has 0 radical (unpaired) electrons. The Labute approximate surface area is 145 Å². The van der Waals surface area contributed by atoms with Gasteiger partial charge < -0.3 is 20.1 Å². The first kappa shape index (κ1) is 17.6. The molecule has 1 aromatic rings. The van der Waals surface area contributed by atoms with Crippen molar-refractivity contribution in [2.45, 2.75) is 37.8 Å². The largest absolute Gasteiger partial charge is 0.393 e. The predicted molar refractivity (Wildman–Crippen MR) is 91.7 cm³/mol. The highest BCUT2D eigenvalue weighted by Crippen LogP contribution is 2.30. The quantitative estimate of drug-likeness (QED) is 0.634. The van der Waals surface area contributed by atoms with E-state index in [1.807, 2.05) is 0 Å². The molecule has 2 aliphatic rings. The van der Waals surface area contributed by atoms with Crippen LogP contribution in [0.4, 0.5) is 11.4 Å². The molecule has 0 atom stereocenters. The van der Waals surface area contributed by atoms with Gasteiger partial charge in [0.25, 0.3) is 11.6 Å². The van der Waals surface area contributed by atoms with Gasteiger partial charge in [0.2, 0.25) is 0 Å². The molecule has 0 spiro atoms. The molecular weight excluding hydrogens is 326 g/mol. The van der Waals surface area contributed by atoms with Gasteiger partial charge in [-0.15, -0.1) is 0 Å². The summed E-state index contributed by atoms with van der Waals surface area (Å²) in [4.78, 5) is 25.1. The molecule has 3 rings (SSSR count). The number of aliphatic hydroxyl groups excluding tert-OH is 1. The smallest absolute Gasteiger partial charge is 0.293 e. The van der Waals surface area contributed by atoms with E-state index in [0.29, 0.717) is 50.4 Å². The summed E-state index contributed by atoms with van der Waals surface area (Å²) in [6, 6.07) is 4.68. The van der Waals surface area contributed by atoms with Crippen molar-refractivity contribution in [1.29, 1.82) is 0 Å². The summed E-state index contributed by atoms with van der Waals surface area (Å²) >= 11 is 0. The maximum atomic E-state index is 12.5. The van der Waals surface area contributed by atoms with Gasteiger partial charge in [-0.3, -0.25) is 14.9 Å². The second-order valence-corrected chi connectivity index (χ2v) is 6.54. The lowest BCUT2D eigenvalue weighted by molar-refractivity contribution is -0.384. The number of carbonyl (C=O) groups excluding carboxylic acids is 1. The molecule has 1 aromatic carbocycles. The molecule has 1 amide bonds. The maximum Gasteiger partial charge on any atom is 0.293 e. The van der Waals surface area contributed by atoms with Gasteiger partial charge in [0, 0.05) is 30.8 Å². The number of nitro benzene ring substituents is 1. The summed E-state index contributed by atoms with van der Waals surface area (Å²) < 4.78 is 5.23. The van der Waals surface area contributed by atoms with Crippen molar-refractivity contribution >= 4 is 17.3 Å². The molecule has 1 aliphatic heterocycles. The zero-order valence-electron chi connectivity index (χ0n) is 14.0. The van der Waals surface area contributed by atoms with Crippen molar-refractivity contribution in [1.82, 2.24) is 4.90 Å². The van der Waals surface area contributed by atoms with Gasteiger partial charge in [0.05, 0.1) is 24.2 Å². The van der Waals surface area contributed by atoms with E-state index in [9.17, 15) is 20.0 Å². The van der Waals surface area contributed by atoms with Crippen molar-refractivity contribution in [2.24, 2.45) is 0 Å². The third-order valence-electron chi connectivity index (χ3n) is 4.80. The third kappa shape index (κ3) is 4.26. The van der Waals surface area contributed by atoms with Crippen LogP contribution in [0.1, 0.15) is 36.0 Å². The van der Waals surface area contributed by atoms with Gasteiger partial charge in [-0.1, -0.05) is 0 Å². The van der Waals surface area contributed by atoms with E-state index in [0.717, 1.165) is 12.8 Å². The Morgan fingerprint density at radius 1 is 1.24 bits per heavy atom. The molecule has 1 heterocycles. The second kappa shape index (κ2) is 7.79. The minimum atomic E-state index is -0.462. The topological polar surface area (TPSA) is 105 Å². The summed E-state index contributed by atoms with van der Waals surface area (Å²) in [5, 5.41) is 24.2. The van der Waals surface area contributed by atoms with Crippen LogP contribution in [0.3, 0.4) is 0 Å². The molecule has 136 valence electrons. The molecule has 8 nitrogen and oxygen atoms in total. The van der Waals surface area contributed by atoms with E-state index in [-0.39, 0.29) is 23.7 Å². The number of carbonyl (C=O) groups is 1. The minimum Gasteiger partial charge on any atom is -0.393 e. The molecule has 25 heavy (non-hydrogen) atoms. The second-order valence-electron chi connectivity index (χ2n) is 6.54. The van der Waals surface area contributed by atoms with Crippen LogP contribution < -0.4 is 5.32 Å². The third-order valence-corrected chi connectivity index (χ3v) is 4.80. The lowest BCUT2D eigenvalue weighted by atomic mass is 9.93. The monoisotopic (exact) mass is 349 g/mol. The van der Waals surface area contributed by atoms with Gasteiger partial charge in [-0.05, 0) is 37.8 Å². The van der Waals surface area contributed by atoms with Gasteiger partial charge in [0.1, 0.15) is 5.69 Å². The molecule has 0 bridgehead atoms. The van der Waals surface area contributed by atoms with E-state index in [4.69, 9.17) is 4.74 Å². The zero-order chi connectivity index (χ0) is 17.8. The SMILES string of the molecule is O=C(c1ccc(NC2CCC(O)CC2)c([N+](=O)[O-])c1)N1CCOCC1. The number of rotatable bonds is 4. The first-order valence-corrected chi connectivity index (χ1v) is 8.64. The van der Waals surface area contributed by atoms with Crippen LogP contribution in [0.2, 0.25) is 0 Å². The van der Waals surface area contributed by atoms with Crippen LogP contribution in [-0.4, -0.2) is 59.3 Å². The minimum absolute atomic E-state index is 0.0924. The Kier molecular flexibility index (Phi) is 5.50. The first-order valence-electron chi connectivity index (χ1n) is 8.64. The molecule has 8 heteroatoms. The van der Waals surface area contributed by atoms with Crippen LogP contribution in [0.5, 0.6) is 0 Å². The maximum absolute atomic E-state index is 12.5. The number of nitro groups is 1. The van der Waals surface area contributed by atoms with Crippen molar-refractivity contribution in [3.63, 3.8) is 0 Å². The summed E-state index contributed by atoms with van der Waals surface area (Å²) in [5.74, 6) is -0.210. The highest BCUT2D eigenvalue weighted by atomic mass is 16.6. The fourth-order valence-corrected chi connectivity index (χ4v) is 3.33. The summed E-state index contributed by atoms with van der Waals surface area (Å²) in [5.41, 5.74) is 0.647. The molecule has 1 saturated carbocycles. The van der Waals surface area contributed by atoms with Crippen molar-refractivity contribution in [3.8, 4) is 0 Å². The Hall–Kier alpha value is -2.19. The molecular formula is C17H23N3O5. The Balaban J connectivity index is 1.76. The number of nitrogens with one attached hydrogen (secondary N) is 1. The standard InChI is InChI=1S/C17H23N3O5/c21-14-4-2-13(3-5-14)18-15-6-1-12(11-16(15)20(23)24)17(22)19-7-9-25-10-8-19/h1,6,11,13-14,18,21H,2-5,7-10H2. The fourth-order valence-electron chi connectivity index (χ4n) is 3.33. The summed E-state index contributed by atoms with van der Waals surface area (Å²) in [6.45, 7) is 1.97. The van der Waals surface area contributed by atoms with E-state index in [2.05, 4.69) is 5.32 Å². The summed E-state index contributed by atoms with van der Waals surface area (Å²) in [6.07, 6.45) is 2.65. The van der Waals surface area contributed by atoms with E-state index in [1.165, 1.54) is 6.07 Å². The average molecular weight is 349 g/mol. The van der Waals surface area contributed by atoms with E-state index < -0.39 is 4.92 Å². The molecule has 1 aliphatic carbocycles. The predicted octanol–water partition coefficient (Wildman–Crippen LogP) is 1.78. The van der Waals surface area contributed by atoms with E-state index in [1.54, 1.807) is 17.0 Å². The number of benzene rings is 1. The van der Waals surface area contributed by atoms with Crippen molar-refractivity contribution in [3.05, 3.63) is 33.9 Å². The number of hydrogen-bond donors (Lipinski definition) is 2. The number of morpholine rings is 1. The van der Waals surface area contributed by atoms with Crippen LogP contribution in [-0.2, 0) is 4.74 Å². The average Bonchev–Trinajstić information content (AvgIpc) is 2.64. The number of nitrogens with zero attached hydrogens (tertiary/aromatic N) is 2. The van der Waals surface area contributed by atoms with Crippen LogP contribution >= 0.6 is 0 Å². The highest BCUT2D eigenvalue weighted by Gasteiger charge is 2.25. The Morgan fingerprint density at radius 3 is 2.56 bits per heavy atom. The Bertz CT molecular complexity index is 637. The van der Waals surface area contributed by atoms with Crippen molar-refractivity contribution in [2.75, 3.05) is 31.6 Å². The summed E-state index contributed by atoms with van der Waals surface area (Å²) in [7, 11) is 0. The number of aliphatic hydroxyl groups is 1. The number of amides is 1.